The molecule has 0 fully saturated rings. The SMILES string of the molecule is F[B-](F)(F)Cc1ccc(Cl)c(C(F)(F)F)c1. The molecule has 0 aliphatic heterocycles. The fourth-order valence-electron chi connectivity index (χ4n) is 1.18. The molecule has 1 aromatic carbocycles. The van der Waals surface area contributed by atoms with Gasteiger partial charge in [0.15, 0.2) is 0 Å². The van der Waals surface area contributed by atoms with E-state index in [1.807, 2.05) is 0 Å². The number of hydrogen-bond donors (Lipinski definition) is 0. The summed E-state index contributed by atoms with van der Waals surface area (Å²) in [4.78, 5) is 0. The van der Waals surface area contributed by atoms with Crippen molar-refractivity contribution in [1.82, 2.24) is 0 Å². The van der Waals surface area contributed by atoms with Crippen LogP contribution in [0.15, 0.2) is 18.2 Å². The molecule has 8 heteroatoms. The Kier molecular flexibility index (Phi) is 3.47. The molecule has 0 aliphatic carbocycles. The van der Waals surface area contributed by atoms with Gasteiger partial charge in [-0.25, -0.2) is 0 Å². The van der Waals surface area contributed by atoms with Crippen molar-refractivity contribution in [1.29, 1.82) is 0 Å². The Bertz CT molecular complexity index is 383. The fourth-order valence-corrected chi connectivity index (χ4v) is 1.41. The normalized spacial score (nSPS) is 12.9. The van der Waals surface area contributed by atoms with Crippen LogP contribution in [0.5, 0.6) is 0 Å². The molecule has 0 unspecified atom stereocenters. The molecule has 1 aromatic rings. The molecule has 0 spiro atoms. The standard InChI is InChI=1S/C8H5BClF6/c10-7-2-1-5(4-9(14,15)16)3-6(7)8(11,12)13/h1-3H,4H2/q-1. The van der Waals surface area contributed by atoms with E-state index in [4.69, 9.17) is 11.6 Å². The Hall–Kier alpha value is -0.845. The third-order valence-electron chi connectivity index (χ3n) is 1.80. The van der Waals surface area contributed by atoms with Gasteiger partial charge in [-0.15, -0.1) is 0 Å². The molecule has 0 aliphatic rings. The van der Waals surface area contributed by atoms with Gasteiger partial charge in [-0.1, -0.05) is 29.6 Å². The number of alkyl halides is 3. The summed E-state index contributed by atoms with van der Waals surface area (Å²) in [6.07, 6.45) is -6.09. The minimum absolute atomic E-state index is 0.428. The van der Waals surface area contributed by atoms with Crippen LogP contribution in [0.4, 0.5) is 26.1 Å². The zero-order valence-electron chi connectivity index (χ0n) is 7.66. The van der Waals surface area contributed by atoms with Gasteiger partial charge in [-0.2, -0.15) is 13.2 Å². The third-order valence-corrected chi connectivity index (χ3v) is 2.13. The fraction of sp³-hybridized carbons (Fsp3) is 0.250. The van der Waals surface area contributed by atoms with Crippen LogP contribution in [0.3, 0.4) is 0 Å². The highest BCUT2D eigenvalue weighted by Gasteiger charge is 2.34. The lowest BCUT2D eigenvalue weighted by molar-refractivity contribution is -0.137. The zero-order valence-corrected chi connectivity index (χ0v) is 8.42. The predicted octanol–water partition coefficient (Wildman–Crippen LogP) is 4.29. The van der Waals surface area contributed by atoms with Crippen molar-refractivity contribution in [3.63, 3.8) is 0 Å². The molecule has 0 nitrogen and oxygen atoms in total. The van der Waals surface area contributed by atoms with E-state index in [1.54, 1.807) is 0 Å². The van der Waals surface area contributed by atoms with E-state index in [1.165, 1.54) is 0 Å². The summed E-state index contributed by atoms with van der Waals surface area (Å²) in [5.74, 6) is 0. The average Bonchev–Trinajstić information content (AvgIpc) is 2.04. The smallest absolute Gasteiger partial charge is 0.449 e. The Morgan fingerprint density at radius 3 is 2.12 bits per heavy atom. The summed E-state index contributed by atoms with van der Waals surface area (Å²) in [5, 5.41) is -0.606. The lowest BCUT2D eigenvalue weighted by Gasteiger charge is -2.15. The molecular weight excluding hydrogens is 256 g/mol. The monoisotopic (exact) mass is 261 g/mol. The molecule has 0 amide bonds. The van der Waals surface area contributed by atoms with Gasteiger partial charge in [-0.3, -0.25) is 0 Å². The zero-order chi connectivity index (χ0) is 12.6. The molecule has 16 heavy (non-hydrogen) atoms. The summed E-state index contributed by atoms with van der Waals surface area (Å²) in [6, 6.07) is 2.19. The van der Waals surface area contributed by atoms with E-state index < -0.39 is 35.6 Å². The van der Waals surface area contributed by atoms with E-state index in [9.17, 15) is 26.1 Å². The summed E-state index contributed by atoms with van der Waals surface area (Å²) in [7, 11) is 0. The minimum Gasteiger partial charge on any atom is -0.449 e. The van der Waals surface area contributed by atoms with Crippen molar-refractivity contribution in [3.05, 3.63) is 34.3 Å². The first kappa shape index (κ1) is 13.2. The highest BCUT2D eigenvalue weighted by molar-refractivity contribution is 6.57. The van der Waals surface area contributed by atoms with E-state index in [-0.39, 0.29) is 0 Å². The molecule has 0 heterocycles. The molecule has 0 saturated heterocycles. The Morgan fingerprint density at radius 1 is 1.12 bits per heavy atom. The van der Waals surface area contributed by atoms with Crippen molar-refractivity contribution in [2.45, 2.75) is 12.5 Å². The maximum Gasteiger partial charge on any atom is 0.482 e. The second kappa shape index (κ2) is 4.20. The van der Waals surface area contributed by atoms with Crippen LogP contribution in [-0.4, -0.2) is 6.98 Å². The van der Waals surface area contributed by atoms with E-state index >= 15 is 0 Å². The van der Waals surface area contributed by atoms with Crippen LogP contribution < -0.4 is 0 Å². The minimum atomic E-state index is -5.16. The van der Waals surface area contributed by atoms with Gasteiger partial charge in [0.2, 0.25) is 0 Å². The largest absolute Gasteiger partial charge is 0.482 e. The molecular formula is C8H5BClF6-. The first-order valence-electron chi connectivity index (χ1n) is 4.16. The Labute approximate surface area is 92.3 Å². The van der Waals surface area contributed by atoms with Gasteiger partial charge in [0, 0.05) is 0 Å². The van der Waals surface area contributed by atoms with E-state index in [0.717, 1.165) is 12.1 Å². The molecule has 0 saturated carbocycles. The van der Waals surface area contributed by atoms with Crippen LogP contribution in [0.1, 0.15) is 11.1 Å². The highest BCUT2D eigenvalue weighted by Crippen LogP contribution is 2.35. The third kappa shape index (κ3) is 3.62. The second-order valence-electron chi connectivity index (χ2n) is 3.23. The van der Waals surface area contributed by atoms with Crippen molar-refractivity contribution in [2.24, 2.45) is 0 Å². The number of benzene rings is 1. The van der Waals surface area contributed by atoms with Crippen molar-refractivity contribution >= 4 is 18.6 Å². The van der Waals surface area contributed by atoms with Crippen molar-refractivity contribution in [3.8, 4) is 0 Å². The quantitative estimate of drug-likeness (QED) is 0.550. The maximum absolute atomic E-state index is 12.3. The summed E-state index contributed by atoms with van der Waals surface area (Å²) in [5.41, 5.74) is -1.68. The Morgan fingerprint density at radius 2 is 1.69 bits per heavy atom. The van der Waals surface area contributed by atoms with E-state index in [0.29, 0.717) is 6.07 Å². The predicted molar refractivity (Wildman–Crippen MR) is 49.2 cm³/mol. The molecule has 1 rings (SSSR count). The molecule has 0 aromatic heterocycles. The number of hydrogen-bond acceptors (Lipinski definition) is 0. The Balaban J connectivity index is 3.09. The van der Waals surface area contributed by atoms with E-state index in [2.05, 4.69) is 0 Å². The average molecular weight is 261 g/mol. The van der Waals surface area contributed by atoms with Gasteiger partial charge >= 0.3 is 13.2 Å². The molecule has 0 radical (unpaired) electrons. The van der Waals surface area contributed by atoms with Crippen LogP contribution >= 0.6 is 11.6 Å². The topological polar surface area (TPSA) is 0 Å². The summed E-state index contributed by atoms with van der Waals surface area (Å²) in [6.45, 7) is -5.16. The molecule has 0 atom stereocenters. The van der Waals surface area contributed by atoms with Gasteiger partial charge in [0.05, 0.1) is 10.6 Å². The first-order chi connectivity index (χ1) is 7.09. The first-order valence-corrected chi connectivity index (χ1v) is 4.54. The second-order valence-corrected chi connectivity index (χ2v) is 3.63. The summed E-state index contributed by atoms with van der Waals surface area (Å²) < 4.78 is 73.0. The lowest BCUT2D eigenvalue weighted by Crippen LogP contribution is -2.19. The van der Waals surface area contributed by atoms with Crippen molar-refractivity contribution in [2.75, 3.05) is 0 Å². The van der Waals surface area contributed by atoms with Crippen LogP contribution in [0.25, 0.3) is 0 Å². The highest BCUT2D eigenvalue weighted by atomic mass is 35.5. The van der Waals surface area contributed by atoms with Crippen LogP contribution in [0, 0.1) is 0 Å². The van der Waals surface area contributed by atoms with Crippen molar-refractivity contribution < 1.29 is 26.1 Å². The lowest BCUT2D eigenvalue weighted by atomic mass is 9.81. The van der Waals surface area contributed by atoms with Crippen LogP contribution in [0.2, 0.25) is 5.02 Å². The van der Waals surface area contributed by atoms with Gasteiger partial charge in [0.25, 0.3) is 0 Å². The number of halogens is 7. The van der Waals surface area contributed by atoms with Crippen LogP contribution in [-0.2, 0) is 12.5 Å². The number of rotatable bonds is 2. The molecule has 0 bridgehead atoms. The van der Waals surface area contributed by atoms with Gasteiger partial charge in [0.1, 0.15) is 0 Å². The maximum atomic E-state index is 12.3. The van der Waals surface area contributed by atoms with Gasteiger partial charge < -0.3 is 12.9 Å². The van der Waals surface area contributed by atoms with Gasteiger partial charge in [-0.05, 0) is 12.1 Å². The molecule has 90 valence electrons. The summed E-state index contributed by atoms with van der Waals surface area (Å²) >= 11 is 5.26. The molecule has 0 N–H and O–H groups in total.